The minimum absolute atomic E-state index is 0.116. The van der Waals surface area contributed by atoms with E-state index in [0.29, 0.717) is 11.8 Å². The third-order valence-corrected chi connectivity index (χ3v) is 2.24. The van der Waals surface area contributed by atoms with Gasteiger partial charge in [-0.2, -0.15) is 0 Å². The number of carbonyl (C=O) groups excluding carboxylic acids is 1. The number of nitrogen functional groups attached to an aromatic ring is 1. The number of hydrogen-bond donors (Lipinski definition) is 1. The molecular formula is C9H7BrFNO. The lowest BCUT2D eigenvalue weighted by Gasteiger charge is -2.06. The van der Waals surface area contributed by atoms with E-state index in [9.17, 15) is 9.18 Å². The van der Waals surface area contributed by atoms with Gasteiger partial charge < -0.3 is 5.73 Å². The van der Waals surface area contributed by atoms with Crippen LogP contribution in [0.1, 0.15) is 15.9 Å². The second kappa shape index (κ2) is 3.70. The third kappa shape index (κ3) is 1.62. The molecule has 1 aromatic carbocycles. The molecule has 2 N–H and O–H groups in total. The molecule has 2 nitrogen and oxygen atoms in total. The van der Waals surface area contributed by atoms with E-state index < -0.39 is 5.82 Å². The Morgan fingerprint density at radius 2 is 2.23 bits per heavy atom. The molecule has 0 aliphatic rings. The zero-order chi connectivity index (χ0) is 10.0. The topological polar surface area (TPSA) is 43.1 Å². The van der Waals surface area contributed by atoms with E-state index in [2.05, 4.69) is 22.5 Å². The second-order valence-electron chi connectivity index (χ2n) is 2.41. The quantitative estimate of drug-likeness (QED) is 0.641. The maximum absolute atomic E-state index is 13.2. The van der Waals surface area contributed by atoms with Gasteiger partial charge in [0.05, 0.1) is 15.7 Å². The van der Waals surface area contributed by atoms with Crippen molar-refractivity contribution in [3.63, 3.8) is 0 Å². The molecule has 0 radical (unpaired) electrons. The SMILES string of the molecule is C=Cc1cc(Br)c(F)c(C=O)c1N. The average Bonchev–Trinajstić information content (AvgIpc) is 2.12. The number of nitrogens with two attached hydrogens (primary N) is 1. The average molecular weight is 244 g/mol. The van der Waals surface area contributed by atoms with Crippen LogP contribution < -0.4 is 5.73 Å². The van der Waals surface area contributed by atoms with E-state index >= 15 is 0 Å². The molecule has 0 aromatic heterocycles. The number of hydrogen-bond acceptors (Lipinski definition) is 2. The first-order valence-corrected chi connectivity index (χ1v) is 4.26. The number of rotatable bonds is 2. The molecule has 13 heavy (non-hydrogen) atoms. The summed E-state index contributed by atoms with van der Waals surface area (Å²) in [6.07, 6.45) is 1.86. The molecule has 0 aliphatic heterocycles. The number of halogens is 2. The monoisotopic (exact) mass is 243 g/mol. The highest BCUT2D eigenvalue weighted by Gasteiger charge is 2.12. The smallest absolute Gasteiger partial charge is 0.155 e. The van der Waals surface area contributed by atoms with E-state index in [4.69, 9.17) is 5.73 Å². The molecule has 0 unspecified atom stereocenters. The van der Waals surface area contributed by atoms with Crippen molar-refractivity contribution in [2.75, 3.05) is 5.73 Å². The summed E-state index contributed by atoms with van der Waals surface area (Å²) in [4.78, 5) is 10.5. The summed E-state index contributed by atoms with van der Waals surface area (Å²) in [6.45, 7) is 3.50. The minimum Gasteiger partial charge on any atom is -0.398 e. The van der Waals surface area contributed by atoms with Crippen LogP contribution in [-0.2, 0) is 0 Å². The summed E-state index contributed by atoms with van der Waals surface area (Å²) in [7, 11) is 0. The van der Waals surface area contributed by atoms with Gasteiger partial charge in [-0.05, 0) is 27.6 Å². The van der Waals surface area contributed by atoms with Crippen LogP contribution in [0, 0.1) is 5.82 Å². The maximum atomic E-state index is 13.2. The highest BCUT2D eigenvalue weighted by molar-refractivity contribution is 9.10. The van der Waals surface area contributed by atoms with Crippen LogP contribution in [0.15, 0.2) is 17.1 Å². The Labute approximate surface area is 83.4 Å². The van der Waals surface area contributed by atoms with Gasteiger partial charge in [0.1, 0.15) is 5.82 Å². The zero-order valence-electron chi connectivity index (χ0n) is 6.68. The van der Waals surface area contributed by atoms with Gasteiger partial charge in [-0.25, -0.2) is 4.39 Å². The van der Waals surface area contributed by atoms with Crippen LogP contribution in [0.5, 0.6) is 0 Å². The fraction of sp³-hybridized carbons (Fsp3) is 0. The molecule has 0 heterocycles. The minimum atomic E-state index is -0.641. The molecule has 68 valence electrons. The van der Waals surface area contributed by atoms with Crippen molar-refractivity contribution in [3.05, 3.63) is 34.1 Å². The summed E-state index contributed by atoms with van der Waals surface area (Å²) in [6, 6.07) is 1.48. The van der Waals surface area contributed by atoms with Crippen molar-refractivity contribution in [3.8, 4) is 0 Å². The molecule has 1 rings (SSSR count). The van der Waals surface area contributed by atoms with Crippen LogP contribution in [0.25, 0.3) is 6.08 Å². The fourth-order valence-corrected chi connectivity index (χ4v) is 1.42. The number of anilines is 1. The van der Waals surface area contributed by atoms with Crippen molar-refractivity contribution < 1.29 is 9.18 Å². The molecule has 0 amide bonds. The molecule has 1 aromatic rings. The summed E-state index contributed by atoms with van der Waals surface area (Å²) >= 11 is 2.98. The van der Waals surface area contributed by atoms with Gasteiger partial charge in [0.15, 0.2) is 6.29 Å². The first kappa shape index (κ1) is 9.92. The highest BCUT2D eigenvalue weighted by Crippen LogP contribution is 2.27. The largest absolute Gasteiger partial charge is 0.398 e. The van der Waals surface area contributed by atoms with Gasteiger partial charge in [-0.1, -0.05) is 12.7 Å². The molecule has 0 aliphatic carbocycles. The first-order chi connectivity index (χ1) is 6.11. The van der Waals surface area contributed by atoms with Crippen molar-refractivity contribution in [1.29, 1.82) is 0 Å². The summed E-state index contributed by atoms with van der Waals surface area (Å²) in [5, 5.41) is 0. The number of aldehydes is 1. The van der Waals surface area contributed by atoms with Gasteiger partial charge in [0, 0.05) is 0 Å². The van der Waals surface area contributed by atoms with Crippen LogP contribution in [-0.4, -0.2) is 6.29 Å². The molecule has 0 saturated carbocycles. The number of benzene rings is 1. The normalized spacial score (nSPS) is 9.69. The molecular weight excluding hydrogens is 237 g/mol. The van der Waals surface area contributed by atoms with Crippen molar-refractivity contribution in [2.45, 2.75) is 0 Å². The van der Waals surface area contributed by atoms with Crippen molar-refractivity contribution in [2.24, 2.45) is 0 Å². The molecule has 0 saturated heterocycles. The predicted octanol–water partition coefficient (Wildman–Crippen LogP) is 2.63. The van der Waals surface area contributed by atoms with Gasteiger partial charge in [-0.3, -0.25) is 4.79 Å². The Morgan fingerprint density at radius 1 is 1.62 bits per heavy atom. The summed E-state index contributed by atoms with van der Waals surface area (Å²) in [5.41, 5.74) is 6.03. The van der Waals surface area contributed by atoms with E-state index in [1.54, 1.807) is 0 Å². The molecule has 4 heteroatoms. The Balaban J connectivity index is 3.56. The Morgan fingerprint density at radius 3 is 2.69 bits per heavy atom. The van der Waals surface area contributed by atoms with Crippen LogP contribution in [0.2, 0.25) is 0 Å². The van der Waals surface area contributed by atoms with Crippen molar-refractivity contribution in [1.82, 2.24) is 0 Å². The van der Waals surface area contributed by atoms with Crippen molar-refractivity contribution >= 4 is 34.0 Å². The lowest BCUT2D eigenvalue weighted by Crippen LogP contribution is -2.00. The lowest BCUT2D eigenvalue weighted by molar-refractivity contribution is 0.112. The first-order valence-electron chi connectivity index (χ1n) is 3.47. The van der Waals surface area contributed by atoms with Gasteiger partial charge in [0.2, 0.25) is 0 Å². The van der Waals surface area contributed by atoms with Crippen LogP contribution in [0.4, 0.5) is 10.1 Å². The Kier molecular flexibility index (Phi) is 2.83. The Bertz CT molecular complexity index is 376. The third-order valence-electron chi connectivity index (χ3n) is 1.67. The van der Waals surface area contributed by atoms with Crippen LogP contribution >= 0.6 is 15.9 Å². The van der Waals surface area contributed by atoms with Crippen LogP contribution in [0.3, 0.4) is 0 Å². The van der Waals surface area contributed by atoms with E-state index in [1.807, 2.05) is 0 Å². The van der Waals surface area contributed by atoms with E-state index in [-0.39, 0.29) is 15.7 Å². The predicted molar refractivity (Wildman–Crippen MR) is 54.0 cm³/mol. The molecule has 0 spiro atoms. The maximum Gasteiger partial charge on any atom is 0.155 e. The van der Waals surface area contributed by atoms with Gasteiger partial charge in [-0.15, -0.1) is 0 Å². The molecule has 0 atom stereocenters. The zero-order valence-corrected chi connectivity index (χ0v) is 8.27. The molecule has 0 bridgehead atoms. The van der Waals surface area contributed by atoms with Gasteiger partial charge >= 0.3 is 0 Å². The van der Waals surface area contributed by atoms with E-state index in [0.717, 1.165) is 0 Å². The second-order valence-corrected chi connectivity index (χ2v) is 3.27. The molecule has 0 fully saturated rings. The Hall–Kier alpha value is -1.16. The summed E-state index contributed by atoms with van der Waals surface area (Å²) < 4.78 is 13.4. The number of carbonyl (C=O) groups is 1. The lowest BCUT2D eigenvalue weighted by atomic mass is 10.1. The summed E-state index contributed by atoms with van der Waals surface area (Å²) in [5.74, 6) is -0.641. The highest BCUT2D eigenvalue weighted by atomic mass is 79.9. The van der Waals surface area contributed by atoms with Gasteiger partial charge in [0.25, 0.3) is 0 Å². The fourth-order valence-electron chi connectivity index (χ4n) is 0.964. The van der Waals surface area contributed by atoms with E-state index in [1.165, 1.54) is 12.1 Å². The standard InChI is InChI=1S/C9H7BrFNO/c1-2-5-3-7(10)8(11)6(4-13)9(5)12/h2-4H,1,12H2.